The summed E-state index contributed by atoms with van der Waals surface area (Å²) >= 11 is 3.17. The molecule has 0 unspecified atom stereocenters. The van der Waals surface area contributed by atoms with E-state index in [9.17, 15) is 14.0 Å². The van der Waals surface area contributed by atoms with E-state index in [1.165, 1.54) is 12.1 Å². The molecule has 9 heteroatoms. The molecule has 6 rings (SSSR count). The number of thioether (sulfide) groups is 1. The van der Waals surface area contributed by atoms with Crippen LogP contribution in [0, 0.1) is 19.7 Å². The topological polar surface area (TPSA) is 67.2 Å². The second kappa shape index (κ2) is 12.0. The van der Waals surface area contributed by atoms with E-state index in [0.717, 1.165) is 44.8 Å². The van der Waals surface area contributed by atoms with E-state index in [1.807, 2.05) is 66.4 Å². The quantitative estimate of drug-likeness (QED) is 0.223. The number of hydrogen-bond donors (Lipinski definition) is 1. The predicted molar refractivity (Wildman–Crippen MR) is 168 cm³/mol. The molecule has 5 aromatic rings. The minimum absolute atomic E-state index is 0.155. The molecule has 1 N–H and O–H groups in total. The van der Waals surface area contributed by atoms with Crippen LogP contribution in [0.5, 0.6) is 0 Å². The average molecular weight is 597 g/mol. The van der Waals surface area contributed by atoms with Crippen LogP contribution in [0.25, 0.3) is 16.9 Å². The van der Waals surface area contributed by atoms with Crippen molar-refractivity contribution >= 4 is 40.7 Å². The first-order valence-corrected chi connectivity index (χ1v) is 15.6. The maximum Gasteiger partial charge on any atom is 0.240 e. The number of fused-ring (bicyclic) bond motifs is 1. The van der Waals surface area contributed by atoms with Crippen molar-refractivity contribution in [3.63, 3.8) is 0 Å². The number of thiophene rings is 1. The molecule has 0 saturated heterocycles. The van der Waals surface area contributed by atoms with Gasteiger partial charge in [0, 0.05) is 17.7 Å². The lowest BCUT2D eigenvalue weighted by Gasteiger charge is -2.23. The first-order chi connectivity index (χ1) is 20.4. The lowest BCUT2D eigenvalue weighted by Crippen LogP contribution is -2.42. The summed E-state index contributed by atoms with van der Waals surface area (Å²) < 4.78 is 15.2. The van der Waals surface area contributed by atoms with Gasteiger partial charge in [-0.05, 0) is 65.6 Å². The molecule has 0 bridgehead atoms. The smallest absolute Gasteiger partial charge is 0.240 e. The lowest BCUT2D eigenvalue weighted by molar-refractivity contribution is -0.123. The second-order valence-electron chi connectivity index (χ2n) is 10.3. The van der Waals surface area contributed by atoms with Gasteiger partial charge in [0.15, 0.2) is 0 Å². The highest BCUT2D eigenvalue weighted by atomic mass is 32.2. The highest BCUT2D eigenvalue weighted by Crippen LogP contribution is 2.49. The zero-order valence-electron chi connectivity index (χ0n) is 23.2. The number of anilines is 1. The van der Waals surface area contributed by atoms with Gasteiger partial charge < -0.3 is 5.32 Å². The van der Waals surface area contributed by atoms with Crippen molar-refractivity contribution in [3.05, 3.63) is 123 Å². The van der Waals surface area contributed by atoms with Gasteiger partial charge in [-0.3, -0.25) is 14.5 Å². The molecule has 0 aliphatic carbocycles. The number of nitrogens with one attached hydrogen (secondary N) is 1. The van der Waals surface area contributed by atoms with Crippen LogP contribution in [0.15, 0.2) is 89.6 Å². The van der Waals surface area contributed by atoms with Crippen molar-refractivity contribution in [2.45, 2.75) is 25.6 Å². The number of halogens is 1. The van der Waals surface area contributed by atoms with Crippen LogP contribution in [0.2, 0.25) is 0 Å². The summed E-state index contributed by atoms with van der Waals surface area (Å²) in [7, 11) is 0. The number of hydrogen-bond acceptors (Lipinski definition) is 5. The zero-order valence-corrected chi connectivity index (χ0v) is 24.8. The molecule has 1 atom stereocenters. The summed E-state index contributed by atoms with van der Waals surface area (Å²) in [6, 6.07) is 24.2. The first kappa shape index (κ1) is 27.9. The largest absolute Gasteiger partial charge is 0.350 e. The number of nitrogens with zero attached hydrogens (tertiary/aromatic N) is 3. The Bertz CT molecular complexity index is 1730. The SMILES string of the molecule is Cc1ccc(-n2nc(-c3ccccc3)c3c2N(CC(=O)NCc2ccc(F)cc2)C(=O)CS[C@H]3c2ccsc2)c(C)c1. The Kier molecular flexibility index (Phi) is 7.95. The molecule has 42 heavy (non-hydrogen) atoms. The number of aromatic nitrogens is 2. The third-order valence-corrected chi connectivity index (χ3v) is 9.22. The lowest BCUT2D eigenvalue weighted by atomic mass is 10.0. The van der Waals surface area contributed by atoms with Crippen LogP contribution in [0.1, 0.15) is 33.1 Å². The Morgan fingerprint density at radius 3 is 2.55 bits per heavy atom. The molecular weight excluding hydrogens is 568 g/mol. The Balaban J connectivity index is 1.50. The van der Waals surface area contributed by atoms with Crippen LogP contribution in [-0.4, -0.2) is 33.9 Å². The minimum atomic E-state index is -0.334. The highest BCUT2D eigenvalue weighted by molar-refractivity contribution is 8.00. The van der Waals surface area contributed by atoms with Crippen LogP contribution in [-0.2, 0) is 16.1 Å². The second-order valence-corrected chi connectivity index (χ2v) is 12.2. The fraction of sp³-hybridized carbons (Fsp3) is 0.182. The van der Waals surface area contributed by atoms with Crippen molar-refractivity contribution in [1.29, 1.82) is 0 Å². The summed E-state index contributed by atoms with van der Waals surface area (Å²) in [5.41, 5.74) is 7.47. The summed E-state index contributed by atoms with van der Waals surface area (Å²) in [6.45, 7) is 4.13. The summed E-state index contributed by atoms with van der Waals surface area (Å²) in [6.07, 6.45) is 0. The number of aryl methyl sites for hydroxylation is 2. The fourth-order valence-electron chi connectivity index (χ4n) is 5.23. The van der Waals surface area contributed by atoms with Crippen molar-refractivity contribution in [2.75, 3.05) is 17.2 Å². The van der Waals surface area contributed by atoms with Gasteiger partial charge in [-0.2, -0.15) is 16.4 Å². The third kappa shape index (κ3) is 5.62. The van der Waals surface area contributed by atoms with Crippen LogP contribution in [0.4, 0.5) is 10.2 Å². The number of amides is 2. The number of carbonyl (C=O) groups excluding carboxylic acids is 2. The van der Waals surface area contributed by atoms with E-state index < -0.39 is 0 Å². The van der Waals surface area contributed by atoms with Crippen molar-refractivity contribution < 1.29 is 14.0 Å². The van der Waals surface area contributed by atoms with Gasteiger partial charge in [-0.25, -0.2) is 9.07 Å². The fourth-order valence-corrected chi connectivity index (χ4v) is 7.19. The van der Waals surface area contributed by atoms with Crippen molar-refractivity contribution in [3.8, 4) is 16.9 Å². The van der Waals surface area contributed by atoms with E-state index in [1.54, 1.807) is 40.1 Å². The Morgan fingerprint density at radius 1 is 1.05 bits per heavy atom. The maximum absolute atomic E-state index is 13.9. The molecular formula is C33H29FN4O2S2. The molecule has 2 aromatic heterocycles. The van der Waals surface area contributed by atoms with Gasteiger partial charge in [0.2, 0.25) is 11.8 Å². The molecule has 1 aliphatic rings. The molecule has 0 spiro atoms. The van der Waals surface area contributed by atoms with Gasteiger partial charge in [-0.15, -0.1) is 11.8 Å². The predicted octanol–water partition coefficient (Wildman–Crippen LogP) is 6.84. The van der Waals surface area contributed by atoms with Gasteiger partial charge >= 0.3 is 0 Å². The van der Waals surface area contributed by atoms with Gasteiger partial charge in [0.25, 0.3) is 0 Å². The van der Waals surface area contributed by atoms with Crippen LogP contribution >= 0.6 is 23.1 Å². The maximum atomic E-state index is 13.9. The minimum Gasteiger partial charge on any atom is -0.350 e. The molecule has 2 amide bonds. The van der Waals surface area contributed by atoms with E-state index in [4.69, 9.17) is 5.10 Å². The van der Waals surface area contributed by atoms with Crippen LogP contribution < -0.4 is 10.2 Å². The molecule has 0 fully saturated rings. The van der Waals surface area contributed by atoms with Crippen molar-refractivity contribution in [1.82, 2.24) is 15.1 Å². The van der Waals surface area contributed by atoms with Gasteiger partial charge in [0.05, 0.1) is 22.4 Å². The number of benzene rings is 3. The highest BCUT2D eigenvalue weighted by Gasteiger charge is 2.38. The normalized spacial score (nSPS) is 14.9. The van der Waals surface area contributed by atoms with E-state index in [2.05, 4.69) is 22.8 Å². The van der Waals surface area contributed by atoms with E-state index >= 15 is 0 Å². The standard InChI is InChI=1S/C33H29FN4O2S2/c1-21-8-13-27(22(2)16-21)38-33-30(31(36-38)24-6-4-3-5-7-24)32(25-14-15-41-19-25)42-20-29(40)37(33)18-28(39)35-17-23-9-11-26(34)12-10-23/h3-16,19,32H,17-18,20H2,1-2H3,(H,35,39)/t32-/m0/s1. The zero-order chi connectivity index (χ0) is 29.2. The Morgan fingerprint density at radius 2 is 1.83 bits per heavy atom. The summed E-state index contributed by atoms with van der Waals surface area (Å²) in [5.74, 6) is -0.00129. The van der Waals surface area contributed by atoms with Gasteiger partial charge in [-0.1, -0.05) is 60.2 Å². The van der Waals surface area contributed by atoms with Gasteiger partial charge in [0.1, 0.15) is 18.2 Å². The molecule has 3 heterocycles. The molecule has 3 aromatic carbocycles. The monoisotopic (exact) mass is 596 g/mol. The van der Waals surface area contributed by atoms with E-state index in [-0.39, 0.29) is 41.7 Å². The first-order valence-electron chi connectivity index (χ1n) is 13.6. The third-order valence-electron chi connectivity index (χ3n) is 7.27. The van der Waals surface area contributed by atoms with E-state index in [0.29, 0.717) is 5.82 Å². The average Bonchev–Trinajstić information content (AvgIpc) is 3.63. The Hall–Kier alpha value is -4.21. The molecule has 0 radical (unpaired) electrons. The summed E-state index contributed by atoms with van der Waals surface area (Å²) in [4.78, 5) is 28.8. The molecule has 6 nitrogen and oxygen atoms in total. The van der Waals surface area contributed by atoms with Crippen molar-refractivity contribution in [2.24, 2.45) is 0 Å². The Labute approximate surface area is 252 Å². The number of carbonyl (C=O) groups is 2. The number of rotatable bonds is 7. The summed E-state index contributed by atoms with van der Waals surface area (Å²) in [5, 5.41) is 12.1. The van der Waals surface area contributed by atoms with Crippen LogP contribution in [0.3, 0.4) is 0 Å². The molecule has 212 valence electrons. The molecule has 0 saturated carbocycles. The molecule has 1 aliphatic heterocycles.